The van der Waals surface area contributed by atoms with Gasteiger partial charge in [-0.25, -0.2) is 0 Å². The zero-order valence-corrected chi connectivity index (χ0v) is 12.4. The van der Waals surface area contributed by atoms with E-state index in [1.165, 1.54) is 11.8 Å². The highest BCUT2D eigenvalue weighted by molar-refractivity contribution is 9.10. The summed E-state index contributed by atoms with van der Waals surface area (Å²) in [7, 11) is 0. The zero-order chi connectivity index (χ0) is 13.7. The van der Waals surface area contributed by atoms with Crippen molar-refractivity contribution in [1.82, 2.24) is 0 Å². The van der Waals surface area contributed by atoms with Crippen LogP contribution in [0.3, 0.4) is 0 Å². The van der Waals surface area contributed by atoms with Crippen LogP contribution in [-0.4, -0.2) is 16.8 Å². The minimum Gasteiger partial charge on any atom is -0.508 e. The van der Waals surface area contributed by atoms with Crippen molar-refractivity contribution in [2.24, 2.45) is 0 Å². The summed E-state index contributed by atoms with van der Waals surface area (Å²) in [5.74, 6) is 0.485. The second-order valence-corrected chi connectivity index (χ2v) is 5.71. The van der Waals surface area contributed by atoms with E-state index in [1.807, 2.05) is 24.3 Å². The van der Waals surface area contributed by atoms with Crippen molar-refractivity contribution in [1.29, 1.82) is 0 Å². The Hall–Kier alpha value is -1.46. The fraction of sp³-hybridized carbons (Fsp3) is 0.0714. The number of rotatable bonds is 4. The molecular formula is C14H12BrNO2S. The van der Waals surface area contributed by atoms with Crippen molar-refractivity contribution in [3.63, 3.8) is 0 Å². The number of hydrogen-bond acceptors (Lipinski definition) is 3. The van der Waals surface area contributed by atoms with Gasteiger partial charge >= 0.3 is 0 Å². The van der Waals surface area contributed by atoms with Crippen LogP contribution in [-0.2, 0) is 4.79 Å². The number of phenols is 1. The normalized spacial score (nSPS) is 10.2. The Morgan fingerprint density at radius 2 is 1.84 bits per heavy atom. The lowest BCUT2D eigenvalue weighted by Crippen LogP contribution is -2.14. The molecule has 2 N–H and O–H groups in total. The molecule has 0 unspecified atom stereocenters. The van der Waals surface area contributed by atoms with E-state index in [4.69, 9.17) is 5.11 Å². The van der Waals surface area contributed by atoms with E-state index in [1.54, 1.807) is 24.3 Å². The van der Waals surface area contributed by atoms with Crippen molar-refractivity contribution in [2.45, 2.75) is 4.90 Å². The summed E-state index contributed by atoms with van der Waals surface area (Å²) in [6, 6.07) is 14.3. The highest BCUT2D eigenvalue weighted by atomic mass is 79.9. The van der Waals surface area contributed by atoms with E-state index >= 15 is 0 Å². The molecule has 1 amide bonds. The van der Waals surface area contributed by atoms with Crippen molar-refractivity contribution < 1.29 is 9.90 Å². The maximum Gasteiger partial charge on any atom is 0.234 e. The minimum atomic E-state index is -0.0648. The van der Waals surface area contributed by atoms with Gasteiger partial charge in [0, 0.05) is 9.37 Å². The van der Waals surface area contributed by atoms with Gasteiger partial charge in [-0.3, -0.25) is 4.79 Å². The molecule has 0 atom stereocenters. The fourth-order valence-electron chi connectivity index (χ4n) is 1.44. The number of phenolic OH excluding ortho intramolecular Hbond substituents is 1. The topological polar surface area (TPSA) is 49.3 Å². The van der Waals surface area contributed by atoms with Crippen molar-refractivity contribution in [3.8, 4) is 5.75 Å². The molecule has 98 valence electrons. The van der Waals surface area contributed by atoms with Crippen LogP contribution >= 0.6 is 27.7 Å². The number of anilines is 1. The molecule has 0 bridgehead atoms. The van der Waals surface area contributed by atoms with Crippen molar-refractivity contribution in [2.75, 3.05) is 11.1 Å². The average Bonchev–Trinajstić information content (AvgIpc) is 2.41. The highest BCUT2D eigenvalue weighted by Crippen LogP contribution is 2.23. The molecule has 0 heterocycles. The van der Waals surface area contributed by atoms with Crippen LogP contribution in [0.25, 0.3) is 0 Å². The molecule has 3 nitrogen and oxygen atoms in total. The molecule has 0 aliphatic heterocycles. The van der Waals surface area contributed by atoms with E-state index in [0.717, 1.165) is 15.1 Å². The summed E-state index contributed by atoms with van der Waals surface area (Å²) in [6.45, 7) is 0. The first-order chi connectivity index (χ1) is 9.15. The maximum atomic E-state index is 11.8. The van der Waals surface area contributed by atoms with E-state index in [-0.39, 0.29) is 11.7 Å². The summed E-state index contributed by atoms with van der Waals surface area (Å²) in [5.41, 5.74) is 0.763. The first-order valence-corrected chi connectivity index (χ1v) is 7.39. The van der Waals surface area contributed by atoms with Gasteiger partial charge in [0.05, 0.1) is 11.4 Å². The molecule has 0 aromatic heterocycles. The first kappa shape index (κ1) is 14.0. The molecule has 0 saturated carbocycles. The molecule has 19 heavy (non-hydrogen) atoms. The lowest BCUT2D eigenvalue weighted by Gasteiger charge is -2.07. The van der Waals surface area contributed by atoms with Crippen LogP contribution in [0.2, 0.25) is 0 Å². The molecule has 0 saturated heterocycles. The van der Waals surface area contributed by atoms with Gasteiger partial charge in [-0.05, 0) is 52.3 Å². The second-order valence-electron chi connectivity index (χ2n) is 3.81. The van der Waals surface area contributed by atoms with Crippen LogP contribution < -0.4 is 5.32 Å². The number of para-hydroxylation sites is 1. The quantitative estimate of drug-likeness (QED) is 0.832. The molecule has 0 aliphatic carbocycles. The van der Waals surface area contributed by atoms with Crippen LogP contribution in [0.5, 0.6) is 5.75 Å². The minimum absolute atomic E-state index is 0.0648. The summed E-state index contributed by atoms with van der Waals surface area (Å²) in [5, 5.41) is 12.0. The summed E-state index contributed by atoms with van der Waals surface area (Å²) in [4.78, 5) is 12.7. The van der Waals surface area contributed by atoms with Gasteiger partial charge in [0.15, 0.2) is 0 Å². The molecule has 0 radical (unpaired) electrons. The second kappa shape index (κ2) is 6.63. The van der Waals surface area contributed by atoms with Gasteiger partial charge in [0.1, 0.15) is 5.75 Å². The van der Waals surface area contributed by atoms with Crippen LogP contribution in [0.4, 0.5) is 5.69 Å². The highest BCUT2D eigenvalue weighted by Gasteiger charge is 2.05. The molecule has 0 spiro atoms. The van der Waals surface area contributed by atoms with Gasteiger partial charge in [0.25, 0.3) is 0 Å². The Kier molecular flexibility index (Phi) is 4.87. The SMILES string of the molecule is O=C(CSc1ccc(O)cc1)Nc1ccccc1Br. The number of halogens is 1. The smallest absolute Gasteiger partial charge is 0.234 e. The predicted octanol–water partition coefficient (Wildman–Crippen LogP) is 3.89. The Labute approximate surface area is 124 Å². The third kappa shape index (κ3) is 4.29. The van der Waals surface area contributed by atoms with Crippen molar-refractivity contribution >= 4 is 39.3 Å². The molecule has 0 fully saturated rings. The number of thioether (sulfide) groups is 1. The number of benzene rings is 2. The molecule has 2 rings (SSSR count). The van der Waals surface area contributed by atoms with Gasteiger partial charge in [-0.15, -0.1) is 11.8 Å². The van der Waals surface area contributed by atoms with Gasteiger partial charge in [-0.2, -0.15) is 0 Å². The Balaban J connectivity index is 1.88. The van der Waals surface area contributed by atoms with Gasteiger partial charge < -0.3 is 10.4 Å². The number of hydrogen-bond donors (Lipinski definition) is 2. The molecule has 0 aliphatic rings. The summed E-state index contributed by atoms with van der Waals surface area (Å²) < 4.78 is 0.859. The molecule has 2 aromatic rings. The number of amides is 1. The summed E-state index contributed by atoms with van der Waals surface area (Å²) in [6.07, 6.45) is 0. The third-order valence-electron chi connectivity index (χ3n) is 2.35. The molecular weight excluding hydrogens is 326 g/mol. The molecule has 5 heteroatoms. The number of aromatic hydroxyl groups is 1. The average molecular weight is 338 g/mol. The standard InChI is InChI=1S/C14H12BrNO2S/c15-12-3-1-2-4-13(12)16-14(18)9-19-11-7-5-10(17)6-8-11/h1-8,17H,9H2,(H,16,18). The predicted molar refractivity (Wildman–Crippen MR) is 81.6 cm³/mol. The van der Waals surface area contributed by atoms with E-state index in [2.05, 4.69) is 21.2 Å². The summed E-state index contributed by atoms with van der Waals surface area (Å²) >= 11 is 4.80. The number of carbonyl (C=O) groups excluding carboxylic acids is 1. The van der Waals surface area contributed by atoms with Crippen LogP contribution in [0, 0.1) is 0 Å². The third-order valence-corrected chi connectivity index (χ3v) is 4.06. The van der Waals surface area contributed by atoms with Crippen molar-refractivity contribution in [3.05, 3.63) is 53.0 Å². The number of nitrogens with one attached hydrogen (secondary N) is 1. The first-order valence-electron chi connectivity index (χ1n) is 5.61. The van der Waals surface area contributed by atoms with E-state index < -0.39 is 0 Å². The largest absolute Gasteiger partial charge is 0.508 e. The zero-order valence-electron chi connectivity index (χ0n) is 9.97. The monoisotopic (exact) mass is 337 g/mol. The lowest BCUT2D eigenvalue weighted by atomic mass is 10.3. The van der Waals surface area contributed by atoms with Gasteiger partial charge in [-0.1, -0.05) is 12.1 Å². The van der Waals surface area contributed by atoms with Crippen LogP contribution in [0.15, 0.2) is 57.9 Å². The molecule has 2 aromatic carbocycles. The van der Waals surface area contributed by atoms with Crippen LogP contribution in [0.1, 0.15) is 0 Å². The van der Waals surface area contributed by atoms with E-state index in [0.29, 0.717) is 5.75 Å². The Bertz CT molecular complexity index is 572. The van der Waals surface area contributed by atoms with Gasteiger partial charge in [0.2, 0.25) is 5.91 Å². The fourth-order valence-corrected chi connectivity index (χ4v) is 2.52. The Morgan fingerprint density at radius 3 is 2.53 bits per heavy atom. The number of carbonyl (C=O) groups is 1. The van der Waals surface area contributed by atoms with E-state index in [9.17, 15) is 4.79 Å². The Morgan fingerprint density at radius 1 is 1.16 bits per heavy atom. The lowest BCUT2D eigenvalue weighted by molar-refractivity contribution is -0.113. The maximum absolute atomic E-state index is 11.8.